The van der Waals surface area contributed by atoms with Crippen molar-refractivity contribution in [2.24, 2.45) is 0 Å². The van der Waals surface area contributed by atoms with Gasteiger partial charge in [0.2, 0.25) is 11.9 Å². The number of nitrogens with one attached hydrogen (secondary N) is 2. The molecular weight excluding hydrogens is 546 g/mol. The number of fused-ring (bicyclic) bond motifs is 1. The van der Waals surface area contributed by atoms with Crippen LogP contribution in [0.4, 0.5) is 20.2 Å². The van der Waals surface area contributed by atoms with Gasteiger partial charge >= 0.3 is 0 Å². The zero-order valence-corrected chi connectivity index (χ0v) is 22.7. The summed E-state index contributed by atoms with van der Waals surface area (Å²) in [6.07, 6.45) is 5.64. The molecular formula is C30H25ClF2N8. The smallest absolute Gasteiger partial charge is 0.221 e. The molecule has 3 heterocycles. The number of nitrogens with zero attached hydrogens (tertiary/aromatic N) is 6. The van der Waals surface area contributed by atoms with E-state index in [9.17, 15) is 11.0 Å². The highest BCUT2D eigenvalue weighted by Gasteiger charge is 2.28. The molecule has 0 radical (unpaired) electrons. The van der Waals surface area contributed by atoms with Crippen LogP contribution < -0.4 is 10.6 Å². The Morgan fingerprint density at radius 1 is 1.17 bits per heavy atom. The second-order valence-corrected chi connectivity index (χ2v) is 10.2. The first-order valence-electron chi connectivity index (χ1n) is 13.7. The number of aromatic nitrogens is 5. The molecule has 0 spiro atoms. The van der Waals surface area contributed by atoms with Crippen molar-refractivity contribution in [2.75, 3.05) is 10.6 Å². The monoisotopic (exact) mass is 571 g/mol. The topological polar surface area (TPSA) is 104 Å². The Bertz CT molecular complexity index is 1820. The van der Waals surface area contributed by atoms with Gasteiger partial charge in [-0.2, -0.15) is 19.0 Å². The van der Waals surface area contributed by atoms with Crippen LogP contribution in [0.15, 0.2) is 67.0 Å². The van der Waals surface area contributed by atoms with Crippen molar-refractivity contribution >= 4 is 33.9 Å². The van der Waals surface area contributed by atoms with Gasteiger partial charge in [-0.05, 0) is 49.1 Å². The maximum absolute atomic E-state index is 15.1. The van der Waals surface area contributed by atoms with Gasteiger partial charge < -0.3 is 10.6 Å². The molecule has 5 aromatic rings. The third-order valence-corrected chi connectivity index (χ3v) is 7.30. The molecule has 11 heteroatoms. The summed E-state index contributed by atoms with van der Waals surface area (Å²) in [7, 11) is 0. The van der Waals surface area contributed by atoms with Crippen LogP contribution in [0.2, 0.25) is 5.02 Å². The number of anilines is 2. The minimum absolute atomic E-state index is 0.0929. The van der Waals surface area contributed by atoms with Crippen molar-refractivity contribution in [3.8, 4) is 6.07 Å². The van der Waals surface area contributed by atoms with Gasteiger partial charge in [0.25, 0.3) is 0 Å². The number of nitriles is 1. The Morgan fingerprint density at radius 3 is 2.68 bits per heavy atom. The summed E-state index contributed by atoms with van der Waals surface area (Å²) in [5, 5.41) is 25.6. The van der Waals surface area contributed by atoms with Crippen molar-refractivity contribution in [2.45, 2.75) is 44.3 Å². The lowest BCUT2D eigenvalue weighted by Crippen LogP contribution is -2.16. The summed E-state index contributed by atoms with van der Waals surface area (Å²) in [5.41, 5.74) is 2.47. The first kappa shape index (κ1) is 25.4. The summed E-state index contributed by atoms with van der Waals surface area (Å²) in [5.74, 6) is -2.17. The Labute approximate surface area is 241 Å². The third kappa shape index (κ3) is 5.41. The molecule has 1 aliphatic carbocycles. The average Bonchev–Trinajstić information content (AvgIpc) is 3.71. The van der Waals surface area contributed by atoms with Gasteiger partial charge in [0.15, 0.2) is 0 Å². The zero-order chi connectivity index (χ0) is 29.4. The van der Waals surface area contributed by atoms with Crippen molar-refractivity contribution in [1.29, 1.82) is 5.26 Å². The molecule has 0 aliphatic heterocycles. The fourth-order valence-corrected chi connectivity index (χ4v) is 5.04. The third-order valence-electron chi connectivity index (χ3n) is 7.01. The molecule has 1 aliphatic rings. The van der Waals surface area contributed by atoms with Crippen LogP contribution in [0.25, 0.3) is 10.9 Å². The molecule has 0 saturated heterocycles. The molecule has 8 nitrogen and oxygen atoms in total. The lowest BCUT2D eigenvalue weighted by molar-refractivity contribution is 0.499. The first-order chi connectivity index (χ1) is 20.3. The molecule has 41 heavy (non-hydrogen) atoms. The van der Waals surface area contributed by atoms with Crippen LogP contribution in [-0.4, -0.2) is 25.0 Å². The molecule has 0 bridgehead atoms. The second kappa shape index (κ2) is 11.1. The first-order valence-corrected chi connectivity index (χ1v) is 13.6. The molecule has 3 aromatic heterocycles. The van der Waals surface area contributed by atoms with E-state index in [4.69, 9.17) is 11.6 Å². The number of benzene rings is 2. The van der Waals surface area contributed by atoms with Gasteiger partial charge in [0.05, 0.1) is 41.4 Å². The maximum Gasteiger partial charge on any atom is 0.221 e. The highest BCUT2D eigenvalue weighted by molar-refractivity contribution is 6.35. The quantitative estimate of drug-likeness (QED) is 0.181. The fraction of sp³-hybridized carbons (Fsp3) is 0.233. The predicted molar refractivity (Wildman–Crippen MR) is 152 cm³/mol. The summed E-state index contributed by atoms with van der Waals surface area (Å²) in [4.78, 5) is 7.72. The van der Waals surface area contributed by atoms with Crippen molar-refractivity contribution < 1.29 is 10.2 Å². The highest BCUT2D eigenvalue weighted by atomic mass is 35.5. The molecule has 2 aromatic carbocycles. The van der Waals surface area contributed by atoms with E-state index in [1.54, 1.807) is 23.0 Å². The van der Waals surface area contributed by atoms with E-state index < -0.39 is 17.9 Å². The minimum atomic E-state index is -2.06. The second-order valence-electron chi connectivity index (χ2n) is 9.82. The summed E-state index contributed by atoms with van der Waals surface area (Å²) in [6.45, 7) is 2.04. The number of hydrogen-bond donors (Lipinski definition) is 2. The van der Waals surface area contributed by atoms with Crippen LogP contribution in [0.1, 0.15) is 68.0 Å². The molecule has 1 unspecified atom stereocenters. The van der Waals surface area contributed by atoms with E-state index in [2.05, 4.69) is 37.0 Å². The molecule has 2 atom stereocenters. The lowest BCUT2D eigenvalue weighted by Gasteiger charge is -2.22. The molecule has 1 saturated carbocycles. The number of hydrogen-bond acceptors (Lipinski definition) is 7. The van der Waals surface area contributed by atoms with E-state index in [0.29, 0.717) is 27.8 Å². The fourth-order valence-electron chi connectivity index (χ4n) is 4.77. The summed E-state index contributed by atoms with van der Waals surface area (Å²) >= 11 is 6.70. The van der Waals surface area contributed by atoms with Crippen LogP contribution in [0, 0.1) is 23.2 Å². The largest absolute Gasteiger partial charge is 0.377 e. The van der Waals surface area contributed by atoms with Crippen LogP contribution in [0.5, 0.6) is 0 Å². The molecule has 0 amide bonds. The van der Waals surface area contributed by atoms with Gasteiger partial charge in [-0.15, -0.1) is 5.10 Å². The van der Waals surface area contributed by atoms with Crippen molar-refractivity contribution in [3.63, 3.8) is 0 Å². The van der Waals surface area contributed by atoms with Gasteiger partial charge in [-0.3, -0.25) is 4.98 Å². The number of rotatable bonds is 9. The number of pyridine rings is 2. The maximum atomic E-state index is 15.1. The predicted octanol–water partition coefficient (Wildman–Crippen LogP) is 7.12. The van der Waals surface area contributed by atoms with Crippen molar-refractivity contribution in [1.82, 2.24) is 25.0 Å². The van der Waals surface area contributed by atoms with E-state index in [0.717, 1.165) is 37.0 Å². The Hall–Kier alpha value is -4.62. The standard InChI is InChI=1S/C30H25ClF2N8/c1-2-24(17-6-4-3-5-7-17)37-27-18(14-34)15-35-28-22(27)12-19(13-23(28)31)36-29(21-10-11-26(32)38-30(21)33)25-16-41(40-39-25)20-8-9-20/h3-7,10-13,15-16,20,24,29,36H,2,8-9H2,1H3,(H,35,37)/t24-,29?/m1/s1/i29D. The molecule has 2 N–H and O–H groups in total. The van der Waals surface area contributed by atoms with E-state index >= 15 is 4.39 Å². The highest BCUT2D eigenvalue weighted by Crippen LogP contribution is 2.38. The van der Waals surface area contributed by atoms with Crippen molar-refractivity contribution in [3.05, 3.63) is 106 Å². The van der Waals surface area contributed by atoms with Gasteiger partial charge in [-0.1, -0.05) is 54.1 Å². The normalized spacial score (nSPS) is 15.5. The van der Waals surface area contributed by atoms with Crippen LogP contribution >= 0.6 is 11.6 Å². The van der Waals surface area contributed by atoms with Crippen LogP contribution in [0.3, 0.4) is 0 Å². The zero-order valence-electron chi connectivity index (χ0n) is 22.9. The summed E-state index contributed by atoms with van der Waals surface area (Å²) < 4.78 is 39.9. The minimum Gasteiger partial charge on any atom is -0.377 e. The van der Waals surface area contributed by atoms with Gasteiger partial charge in [0.1, 0.15) is 17.8 Å². The average molecular weight is 572 g/mol. The SMILES string of the molecule is [2H]C(Nc1cc(Cl)c2ncc(C#N)c(N[C@H](CC)c3ccccc3)c2c1)(c1cn(C2CC2)nn1)c1ccc(F)nc1F. The lowest BCUT2D eigenvalue weighted by atomic mass is 10.0. The van der Waals surface area contributed by atoms with Crippen LogP contribution in [-0.2, 0) is 0 Å². The van der Waals surface area contributed by atoms with E-state index in [-0.39, 0.29) is 28.4 Å². The Morgan fingerprint density at radius 2 is 1.98 bits per heavy atom. The molecule has 1 fully saturated rings. The van der Waals surface area contributed by atoms with Gasteiger partial charge in [0, 0.05) is 22.8 Å². The van der Waals surface area contributed by atoms with Gasteiger partial charge in [-0.25, -0.2) is 4.68 Å². The molecule has 206 valence electrons. The van der Waals surface area contributed by atoms with E-state index in [1.165, 1.54) is 6.20 Å². The molecule has 6 rings (SSSR count). The summed E-state index contributed by atoms with van der Waals surface area (Å²) in [6, 6.07) is 15.4. The Kier molecular flexibility index (Phi) is 6.86. The number of halogens is 3. The van der Waals surface area contributed by atoms with E-state index in [1.807, 2.05) is 37.3 Å². The Balaban J connectivity index is 1.48.